The number of hydrogen-bond donors (Lipinski definition) is 3. The largest absolute Gasteiger partial charge is 0.508 e. The van der Waals surface area contributed by atoms with Crippen LogP contribution in [0.3, 0.4) is 0 Å². The van der Waals surface area contributed by atoms with Gasteiger partial charge in [0.15, 0.2) is 0 Å². The number of aromatic hydroxyl groups is 1. The van der Waals surface area contributed by atoms with E-state index in [1.807, 2.05) is 13.0 Å². The number of hydrogen-bond acceptors (Lipinski definition) is 3. The summed E-state index contributed by atoms with van der Waals surface area (Å²) in [6, 6.07) is 11.7. The number of amides is 1. The standard InChI is InChI=1S/C15H15ClN2O2/c1-9(10-3-2-4-12(19)7-10)18-14-8-11(15(17)20)5-6-13(14)16/h2-9,18-19H,1H3,(H2,17,20). The summed E-state index contributed by atoms with van der Waals surface area (Å²) in [6.07, 6.45) is 0. The molecule has 0 aliphatic carbocycles. The van der Waals surface area contributed by atoms with Crippen LogP contribution in [0.15, 0.2) is 42.5 Å². The van der Waals surface area contributed by atoms with Crippen LogP contribution in [-0.4, -0.2) is 11.0 Å². The molecule has 0 radical (unpaired) electrons. The Labute approximate surface area is 122 Å². The van der Waals surface area contributed by atoms with Crippen molar-refractivity contribution in [3.8, 4) is 5.75 Å². The fraction of sp³-hybridized carbons (Fsp3) is 0.133. The third-order valence-corrected chi connectivity index (χ3v) is 3.32. The Morgan fingerprint density at radius 2 is 2.05 bits per heavy atom. The maximum atomic E-state index is 11.2. The minimum Gasteiger partial charge on any atom is -0.508 e. The van der Waals surface area contributed by atoms with Crippen LogP contribution in [0.1, 0.15) is 28.9 Å². The van der Waals surface area contributed by atoms with Gasteiger partial charge < -0.3 is 16.2 Å². The summed E-state index contributed by atoms with van der Waals surface area (Å²) in [4.78, 5) is 11.2. The molecule has 0 fully saturated rings. The smallest absolute Gasteiger partial charge is 0.248 e. The third-order valence-electron chi connectivity index (χ3n) is 2.99. The number of rotatable bonds is 4. The van der Waals surface area contributed by atoms with Gasteiger partial charge in [-0.15, -0.1) is 0 Å². The molecule has 0 heterocycles. The lowest BCUT2D eigenvalue weighted by Gasteiger charge is -2.17. The van der Waals surface area contributed by atoms with Gasteiger partial charge in [-0.3, -0.25) is 4.79 Å². The van der Waals surface area contributed by atoms with Gasteiger partial charge in [0.2, 0.25) is 5.91 Å². The molecule has 0 aliphatic heterocycles. The summed E-state index contributed by atoms with van der Waals surface area (Å²) in [6.45, 7) is 1.93. The first-order valence-corrected chi connectivity index (χ1v) is 6.50. The minimum absolute atomic E-state index is 0.0808. The van der Waals surface area contributed by atoms with Crippen LogP contribution in [0.4, 0.5) is 5.69 Å². The lowest BCUT2D eigenvalue weighted by atomic mass is 10.1. The van der Waals surface area contributed by atoms with Gasteiger partial charge in [0.25, 0.3) is 0 Å². The molecule has 2 aromatic rings. The molecule has 2 aromatic carbocycles. The van der Waals surface area contributed by atoms with Gasteiger partial charge in [-0.2, -0.15) is 0 Å². The van der Waals surface area contributed by atoms with Crippen molar-refractivity contribution in [1.29, 1.82) is 0 Å². The van der Waals surface area contributed by atoms with Gasteiger partial charge in [0.05, 0.1) is 10.7 Å². The first-order chi connectivity index (χ1) is 9.47. The number of nitrogens with two attached hydrogens (primary N) is 1. The predicted molar refractivity (Wildman–Crippen MR) is 80.1 cm³/mol. The number of nitrogens with one attached hydrogen (secondary N) is 1. The van der Waals surface area contributed by atoms with E-state index in [-0.39, 0.29) is 11.8 Å². The zero-order valence-corrected chi connectivity index (χ0v) is 11.7. The maximum absolute atomic E-state index is 11.2. The van der Waals surface area contributed by atoms with Gasteiger partial charge in [-0.1, -0.05) is 23.7 Å². The Morgan fingerprint density at radius 3 is 2.70 bits per heavy atom. The zero-order valence-electron chi connectivity index (χ0n) is 10.9. The van der Waals surface area contributed by atoms with E-state index < -0.39 is 5.91 Å². The second-order valence-corrected chi connectivity index (χ2v) is 4.93. The number of carbonyl (C=O) groups is 1. The molecule has 0 bridgehead atoms. The first-order valence-electron chi connectivity index (χ1n) is 6.12. The van der Waals surface area contributed by atoms with E-state index in [0.29, 0.717) is 16.3 Å². The molecule has 5 heteroatoms. The summed E-state index contributed by atoms with van der Waals surface area (Å²) in [5, 5.41) is 13.2. The number of carbonyl (C=O) groups excluding carboxylic acids is 1. The summed E-state index contributed by atoms with van der Waals surface area (Å²) < 4.78 is 0. The Morgan fingerprint density at radius 1 is 1.30 bits per heavy atom. The molecule has 4 N–H and O–H groups in total. The molecule has 4 nitrogen and oxygen atoms in total. The Hall–Kier alpha value is -2.20. The fourth-order valence-corrected chi connectivity index (χ4v) is 2.07. The molecule has 0 saturated carbocycles. The lowest BCUT2D eigenvalue weighted by Crippen LogP contribution is -2.12. The molecule has 0 spiro atoms. The summed E-state index contributed by atoms with van der Waals surface area (Å²) in [5.74, 6) is -0.303. The quantitative estimate of drug-likeness (QED) is 0.808. The van der Waals surface area contributed by atoms with Crippen molar-refractivity contribution in [2.24, 2.45) is 5.73 Å². The van der Waals surface area contributed by atoms with Gasteiger partial charge in [-0.25, -0.2) is 0 Å². The second kappa shape index (κ2) is 5.84. The molecule has 0 saturated heterocycles. The second-order valence-electron chi connectivity index (χ2n) is 4.52. The van der Waals surface area contributed by atoms with E-state index in [1.54, 1.807) is 36.4 Å². The molecule has 1 unspecified atom stereocenters. The minimum atomic E-state index is -0.505. The third kappa shape index (κ3) is 3.22. The van der Waals surface area contributed by atoms with E-state index in [4.69, 9.17) is 17.3 Å². The molecule has 1 amide bonds. The monoisotopic (exact) mass is 290 g/mol. The van der Waals surface area contributed by atoms with E-state index >= 15 is 0 Å². The van der Waals surface area contributed by atoms with E-state index in [1.165, 1.54) is 0 Å². The number of anilines is 1. The molecular formula is C15H15ClN2O2. The van der Waals surface area contributed by atoms with Crippen molar-refractivity contribution in [2.45, 2.75) is 13.0 Å². The van der Waals surface area contributed by atoms with Gasteiger partial charge in [0.1, 0.15) is 5.75 Å². The van der Waals surface area contributed by atoms with Crippen LogP contribution in [0.25, 0.3) is 0 Å². The van der Waals surface area contributed by atoms with Gasteiger partial charge in [0, 0.05) is 11.6 Å². The van der Waals surface area contributed by atoms with Crippen LogP contribution in [0.2, 0.25) is 5.02 Å². The highest BCUT2D eigenvalue weighted by Gasteiger charge is 2.10. The van der Waals surface area contributed by atoms with E-state index in [2.05, 4.69) is 5.32 Å². The van der Waals surface area contributed by atoms with Crippen molar-refractivity contribution < 1.29 is 9.90 Å². The molecular weight excluding hydrogens is 276 g/mol. The predicted octanol–water partition coefficient (Wildman–Crippen LogP) is 3.32. The Kier molecular flexibility index (Phi) is 4.15. The molecule has 1 atom stereocenters. The molecule has 0 aliphatic rings. The summed E-state index contributed by atoms with van der Waals surface area (Å²) in [5.41, 5.74) is 7.17. The Balaban J connectivity index is 2.25. The first kappa shape index (κ1) is 14.2. The highest BCUT2D eigenvalue weighted by Crippen LogP contribution is 2.28. The molecule has 20 heavy (non-hydrogen) atoms. The van der Waals surface area contributed by atoms with Gasteiger partial charge >= 0.3 is 0 Å². The van der Waals surface area contributed by atoms with Gasteiger partial charge in [-0.05, 0) is 42.8 Å². The van der Waals surface area contributed by atoms with Crippen LogP contribution in [-0.2, 0) is 0 Å². The molecule has 104 valence electrons. The molecule has 2 rings (SSSR count). The number of benzene rings is 2. The maximum Gasteiger partial charge on any atom is 0.248 e. The van der Waals surface area contributed by atoms with Crippen LogP contribution >= 0.6 is 11.6 Å². The number of halogens is 1. The number of primary amides is 1. The average Bonchev–Trinajstić information content (AvgIpc) is 2.41. The van der Waals surface area contributed by atoms with Crippen molar-refractivity contribution in [3.05, 3.63) is 58.6 Å². The van der Waals surface area contributed by atoms with E-state index in [0.717, 1.165) is 5.56 Å². The molecule has 0 aromatic heterocycles. The van der Waals surface area contributed by atoms with Crippen molar-refractivity contribution in [1.82, 2.24) is 0 Å². The topological polar surface area (TPSA) is 75.3 Å². The summed E-state index contributed by atoms with van der Waals surface area (Å²) in [7, 11) is 0. The average molecular weight is 291 g/mol. The zero-order chi connectivity index (χ0) is 14.7. The van der Waals surface area contributed by atoms with Crippen LogP contribution in [0, 0.1) is 0 Å². The lowest BCUT2D eigenvalue weighted by molar-refractivity contribution is 0.100. The van der Waals surface area contributed by atoms with Crippen molar-refractivity contribution in [3.63, 3.8) is 0 Å². The highest BCUT2D eigenvalue weighted by atomic mass is 35.5. The van der Waals surface area contributed by atoms with Crippen molar-refractivity contribution >= 4 is 23.2 Å². The number of phenolic OH excluding ortho intramolecular Hbond substituents is 1. The SMILES string of the molecule is CC(Nc1cc(C(N)=O)ccc1Cl)c1cccc(O)c1. The highest BCUT2D eigenvalue weighted by molar-refractivity contribution is 6.33. The normalized spacial score (nSPS) is 11.9. The fourth-order valence-electron chi connectivity index (χ4n) is 1.90. The Bertz CT molecular complexity index is 644. The summed E-state index contributed by atoms with van der Waals surface area (Å²) >= 11 is 6.10. The van der Waals surface area contributed by atoms with Crippen LogP contribution < -0.4 is 11.1 Å². The van der Waals surface area contributed by atoms with Crippen LogP contribution in [0.5, 0.6) is 5.75 Å². The number of phenols is 1. The van der Waals surface area contributed by atoms with Crippen molar-refractivity contribution in [2.75, 3.05) is 5.32 Å². The van der Waals surface area contributed by atoms with E-state index in [9.17, 15) is 9.90 Å².